The van der Waals surface area contributed by atoms with Crippen molar-refractivity contribution in [1.82, 2.24) is 10.2 Å². The van der Waals surface area contributed by atoms with Crippen molar-refractivity contribution in [2.24, 2.45) is 28.6 Å². The van der Waals surface area contributed by atoms with Gasteiger partial charge in [-0.25, -0.2) is 0 Å². The smallest absolute Gasteiger partial charge is 0.0610 e. The van der Waals surface area contributed by atoms with Gasteiger partial charge in [-0.1, -0.05) is 26.0 Å². The monoisotopic (exact) mass is 330 g/mol. The number of aliphatic hydroxyl groups excluding tert-OH is 2. The van der Waals surface area contributed by atoms with E-state index < -0.39 is 0 Å². The number of aromatic nitrogens is 2. The molecule has 3 aliphatic carbocycles. The van der Waals surface area contributed by atoms with Gasteiger partial charge in [0.1, 0.15) is 0 Å². The first-order valence-electron chi connectivity index (χ1n) is 9.38. The first kappa shape index (κ1) is 16.3. The molecule has 1 aromatic rings. The van der Waals surface area contributed by atoms with Crippen molar-refractivity contribution >= 4 is 0 Å². The van der Waals surface area contributed by atoms with Gasteiger partial charge in [0.15, 0.2) is 0 Å². The first-order chi connectivity index (χ1) is 11.4. The number of hydrogen-bond donors (Lipinski definition) is 3. The van der Waals surface area contributed by atoms with E-state index in [2.05, 4.69) is 30.6 Å². The summed E-state index contributed by atoms with van der Waals surface area (Å²) in [6.45, 7) is 9.04. The Morgan fingerprint density at radius 1 is 1.33 bits per heavy atom. The van der Waals surface area contributed by atoms with Gasteiger partial charge >= 0.3 is 0 Å². The summed E-state index contributed by atoms with van der Waals surface area (Å²) in [5, 5.41) is 28.6. The second kappa shape index (κ2) is 5.43. The molecule has 132 valence electrons. The fraction of sp³-hybridized carbons (Fsp3) is 0.750. The number of nitrogens with zero attached hydrogens (tertiary/aromatic N) is 1. The van der Waals surface area contributed by atoms with Crippen molar-refractivity contribution in [3.8, 4) is 0 Å². The summed E-state index contributed by atoms with van der Waals surface area (Å²) in [6, 6.07) is 0. The number of allylic oxidation sites excluding steroid dienone is 1. The molecule has 4 nitrogen and oxygen atoms in total. The molecule has 1 aromatic heterocycles. The van der Waals surface area contributed by atoms with Crippen molar-refractivity contribution in [2.75, 3.05) is 6.61 Å². The highest BCUT2D eigenvalue weighted by molar-refractivity contribution is 5.26. The zero-order valence-corrected chi connectivity index (χ0v) is 14.9. The van der Waals surface area contributed by atoms with Gasteiger partial charge in [0.05, 0.1) is 12.3 Å². The Kier molecular flexibility index (Phi) is 3.70. The van der Waals surface area contributed by atoms with Gasteiger partial charge in [0.25, 0.3) is 0 Å². The van der Waals surface area contributed by atoms with Gasteiger partial charge in [-0.15, -0.1) is 0 Å². The number of rotatable bonds is 2. The minimum atomic E-state index is -0.296. The molecule has 1 heterocycles. The molecule has 2 saturated carbocycles. The third-order valence-corrected chi connectivity index (χ3v) is 8.01. The number of aromatic amines is 1. The van der Waals surface area contributed by atoms with E-state index in [1.54, 1.807) is 0 Å². The van der Waals surface area contributed by atoms with E-state index in [1.165, 1.54) is 11.1 Å². The van der Waals surface area contributed by atoms with Crippen molar-refractivity contribution in [1.29, 1.82) is 0 Å². The van der Waals surface area contributed by atoms with Gasteiger partial charge in [-0.05, 0) is 72.7 Å². The molecule has 6 atom stereocenters. The molecule has 0 aliphatic heterocycles. The Balaban J connectivity index is 1.66. The molecule has 24 heavy (non-hydrogen) atoms. The van der Waals surface area contributed by atoms with Crippen LogP contribution in [0.4, 0.5) is 0 Å². The molecule has 0 saturated heterocycles. The molecule has 4 rings (SSSR count). The highest BCUT2D eigenvalue weighted by Gasteiger charge is 2.56. The van der Waals surface area contributed by atoms with Crippen molar-refractivity contribution in [3.63, 3.8) is 0 Å². The van der Waals surface area contributed by atoms with Crippen LogP contribution in [0.1, 0.15) is 50.8 Å². The van der Waals surface area contributed by atoms with Crippen molar-refractivity contribution < 1.29 is 10.2 Å². The van der Waals surface area contributed by atoms with Gasteiger partial charge in [-0.3, -0.25) is 5.10 Å². The van der Waals surface area contributed by atoms with Crippen LogP contribution in [-0.2, 0) is 12.8 Å². The Labute approximate surface area is 144 Å². The van der Waals surface area contributed by atoms with E-state index >= 15 is 0 Å². The molecule has 0 unspecified atom stereocenters. The molecule has 0 spiro atoms. The maximum Gasteiger partial charge on any atom is 0.0610 e. The van der Waals surface area contributed by atoms with E-state index in [9.17, 15) is 10.2 Å². The number of H-pyrrole nitrogens is 1. The van der Waals surface area contributed by atoms with Crippen LogP contribution in [0.3, 0.4) is 0 Å². The second-order valence-corrected chi connectivity index (χ2v) is 8.94. The van der Waals surface area contributed by atoms with E-state index in [0.29, 0.717) is 5.92 Å². The van der Waals surface area contributed by atoms with E-state index in [-0.39, 0.29) is 35.4 Å². The lowest BCUT2D eigenvalue weighted by Crippen LogP contribution is -2.53. The molecule has 4 heteroatoms. The summed E-state index contributed by atoms with van der Waals surface area (Å²) in [5.41, 5.74) is 3.79. The molecule has 3 N–H and O–H groups in total. The summed E-state index contributed by atoms with van der Waals surface area (Å²) in [5.74, 6) is 0.742. The molecule has 0 amide bonds. The highest BCUT2D eigenvalue weighted by atomic mass is 16.3. The average molecular weight is 330 g/mol. The van der Waals surface area contributed by atoms with Crippen LogP contribution in [0.25, 0.3) is 0 Å². The fourth-order valence-electron chi connectivity index (χ4n) is 6.14. The minimum Gasteiger partial charge on any atom is -0.396 e. The zero-order chi connectivity index (χ0) is 17.1. The SMILES string of the molecule is C=C1CC[C@H]2[C@H](O)[C@@H]([C@@]3(C)Cc4cn[nH]c4C[C@@H]3CO)CC[C@]12C. The summed E-state index contributed by atoms with van der Waals surface area (Å²) in [7, 11) is 0. The van der Waals surface area contributed by atoms with Crippen LogP contribution in [0, 0.1) is 28.6 Å². The van der Waals surface area contributed by atoms with Gasteiger partial charge in [0, 0.05) is 12.3 Å². The standard InChI is InChI=1S/C20H30N2O2/c1-12-4-5-15-18(24)16(6-7-19(12,15)2)20(3)9-13-10-21-22-17(13)8-14(20)11-23/h10,14-16,18,23-24H,1,4-9,11H2,2-3H3,(H,21,22)/t14-,15+,16+,18+,19-,20+/m1/s1. The average Bonchev–Trinajstić information content (AvgIpc) is 3.11. The Bertz CT molecular complexity index is 654. The minimum absolute atomic E-state index is 0.0731. The third-order valence-electron chi connectivity index (χ3n) is 8.01. The van der Waals surface area contributed by atoms with Crippen LogP contribution >= 0.6 is 0 Å². The lowest BCUT2D eigenvalue weighted by Gasteiger charge is -2.54. The summed E-state index contributed by atoms with van der Waals surface area (Å²) in [4.78, 5) is 0. The largest absolute Gasteiger partial charge is 0.396 e. The summed E-state index contributed by atoms with van der Waals surface area (Å²) < 4.78 is 0. The van der Waals surface area contributed by atoms with Crippen molar-refractivity contribution in [3.05, 3.63) is 29.6 Å². The number of hydrogen-bond acceptors (Lipinski definition) is 3. The van der Waals surface area contributed by atoms with Crippen LogP contribution in [0.2, 0.25) is 0 Å². The van der Waals surface area contributed by atoms with Gasteiger partial charge in [-0.2, -0.15) is 5.10 Å². The molecule has 2 fully saturated rings. The van der Waals surface area contributed by atoms with Crippen LogP contribution in [0.15, 0.2) is 18.3 Å². The third kappa shape index (κ3) is 2.08. The number of aliphatic hydroxyl groups is 2. The maximum absolute atomic E-state index is 11.3. The molecule has 0 aromatic carbocycles. The van der Waals surface area contributed by atoms with Crippen molar-refractivity contribution in [2.45, 2.75) is 58.5 Å². The van der Waals surface area contributed by atoms with Crippen LogP contribution in [-0.4, -0.2) is 33.1 Å². The normalized spacial score (nSPS) is 45.1. The highest BCUT2D eigenvalue weighted by Crippen LogP contribution is 2.60. The van der Waals surface area contributed by atoms with Gasteiger partial charge < -0.3 is 10.2 Å². The van der Waals surface area contributed by atoms with E-state index in [4.69, 9.17) is 0 Å². The number of fused-ring (bicyclic) bond motifs is 2. The second-order valence-electron chi connectivity index (χ2n) is 8.94. The lowest BCUT2D eigenvalue weighted by molar-refractivity contribution is -0.104. The maximum atomic E-state index is 11.3. The Morgan fingerprint density at radius 2 is 2.12 bits per heavy atom. The van der Waals surface area contributed by atoms with E-state index in [0.717, 1.165) is 44.2 Å². The molecular formula is C20H30N2O2. The first-order valence-corrected chi connectivity index (χ1v) is 9.38. The molecular weight excluding hydrogens is 300 g/mol. The number of nitrogens with one attached hydrogen (secondary N) is 1. The van der Waals surface area contributed by atoms with Crippen LogP contribution in [0.5, 0.6) is 0 Å². The Hall–Kier alpha value is -1.13. The zero-order valence-electron chi connectivity index (χ0n) is 14.9. The molecule has 0 radical (unpaired) electrons. The Morgan fingerprint density at radius 3 is 2.88 bits per heavy atom. The fourth-order valence-corrected chi connectivity index (χ4v) is 6.14. The lowest BCUT2D eigenvalue weighted by atomic mass is 9.52. The summed E-state index contributed by atoms with van der Waals surface area (Å²) >= 11 is 0. The summed E-state index contributed by atoms with van der Waals surface area (Å²) in [6.07, 6.45) is 7.61. The molecule has 0 bridgehead atoms. The van der Waals surface area contributed by atoms with E-state index in [1.807, 2.05) is 6.20 Å². The molecule has 3 aliphatic rings. The topological polar surface area (TPSA) is 69.1 Å². The predicted molar refractivity (Wildman–Crippen MR) is 93.4 cm³/mol. The quantitative estimate of drug-likeness (QED) is 0.730. The predicted octanol–water partition coefficient (Wildman–Crippen LogP) is 2.87. The van der Waals surface area contributed by atoms with Crippen LogP contribution < -0.4 is 0 Å². The van der Waals surface area contributed by atoms with Gasteiger partial charge in [0.2, 0.25) is 0 Å².